The van der Waals surface area contributed by atoms with Gasteiger partial charge < -0.3 is 10.6 Å². The fourth-order valence-electron chi connectivity index (χ4n) is 2.65. The van der Waals surface area contributed by atoms with E-state index in [2.05, 4.69) is 50.9 Å². The minimum absolute atomic E-state index is 0.519. The Morgan fingerprint density at radius 2 is 2.27 bits per heavy atom. The number of nitrogens with one attached hydrogen (secondary N) is 2. The van der Waals surface area contributed by atoms with Crippen molar-refractivity contribution in [1.29, 1.82) is 0 Å². The summed E-state index contributed by atoms with van der Waals surface area (Å²) in [4.78, 5) is 8.67. The number of nitrogens with zero attached hydrogens (tertiary/aromatic N) is 2. The minimum atomic E-state index is 0.519. The first-order valence-electron chi connectivity index (χ1n) is 8.02. The Labute approximate surface area is 138 Å². The molecule has 2 N–H and O–H groups in total. The SMILES string of the molecule is C#CCNC(=NCC1CCN(Cc2cccs2)CC1)NCC. The molecule has 120 valence electrons. The Bertz CT molecular complexity index is 481. The molecule has 0 saturated carbocycles. The summed E-state index contributed by atoms with van der Waals surface area (Å²) in [5.41, 5.74) is 0. The predicted molar refractivity (Wildman–Crippen MR) is 95.1 cm³/mol. The summed E-state index contributed by atoms with van der Waals surface area (Å²) >= 11 is 1.85. The van der Waals surface area contributed by atoms with Gasteiger partial charge in [0.2, 0.25) is 0 Å². The molecule has 0 spiro atoms. The fourth-order valence-corrected chi connectivity index (χ4v) is 3.39. The third-order valence-corrected chi connectivity index (χ3v) is 4.74. The summed E-state index contributed by atoms with van der Waals surface area (Å²) < 4.78 is 0. The highest BCUT2D eigenvalue weighted by atomic mass is 32.1. The van der Waals surface area contributed by atoms with Crippen LogP contribution in [0.3, 0.4) is 0 Å². The van der Waals surface area contributed by atoms with Gasteiger partial charge in [0.05, 0.1) is 6.54 Å². The van der Waals surface area contributed by atoms with E-state index < -0.39 is 0 Å². The molecule has 1 saturated heterocycles. The molecule has 0 aliphatic carbocycles. The molecule has 1 aliphatic heterocycles. The first kappa shape index (κ1) is 16.9. The van der Waals surface area contributed by atoms with Crippen molar-refractivity contribution in [3.63, 3.8) is 0 Å². The molecule has 0 bridgehead atoms. The molecule has 1 aromatic heterocycles. The van der Waals surface area contributed by atoms with Crippen LogP contribution in [0.2, 0.25) is 0 Å². The lowest BCUT2D eigenvalue weighted by Gasteiger charge is -2.31. The lowest BCUT2D eigenvalue weighted by molar-refractivity contribution is 0.182. The van der Waals surface area contributed by atoms with Crippen LogP contribution in [0.15, 0.2) is 22.5 Å². The molecular weight excluding hydrogens is 292 g/mol. The summed E-state index contributed by atoms with van der Waals surface area (Å²) in [6.07, 6.45) is 7.73. The molecule has 4 nitrogen and oxygen atoms in total. The topological polar surface area (TPSA) is 39.7 Å². The summed E-state index contributed by atoms with van der Waals surface area (Å²) in [5, 5.41) is 8.53. The van der Waals surface area contributed by atoms with Crippen molar-refractivity contribution in [3.8, 4) is 12.3 Å². The largest absolute Gasteiger partial charge is 0.357 e. The van der Waals surface area contributed by atoms with Gasteiger partial charge in [-0.05, 0) is 50.2 Å². The van der Waals surface area contributed by atoms with Gasteiger partial charge in [0.25, 0.3) is 0 Å². The number of aliphatic imine (C=N–C) groups is 1. The maximum atomic E-state index is 5.28. The lowest BCUT2D eigenvalue weighted by atomic mass is 9.97. The molecule has 0 unspecified atom stereocenters. The van der Waals surface area contributed by atoms with Gasteiger partial charge in [0.15, 0.2) is 5.96 Å². The van der Waals surface area contributed by atoms with Crippen LogP contribution in [0, 0.1) is 18.3 Å². The van der Waals surface area contributed by atoms with E-state index in [1.54, 1.807) is 0 Å². The minimum Gasteiger partial charge on any atom is -0.357 e. The molecule has 0 amide bonds. The third kappa shape index (κ3) is 5.70. The van der Waals surface area contributed by atoms with E-state index in [-0.39, 0.29) is 0 Å². The van der Waals surface area contributed by atoms with Crippen LogP contribution in [-0.2, 0) is 6.54 Å². The Morgan fingerprint density at radius 1 is 1.45 bits per heavy atom. The molecule has 0 atom stereocenters. The molecule has 2 rings (SSSR count). The van der Waals surface area contributed by atoms with Gasteiger partial charge in [-0.1, -0.05) is 12.0 Å². The maximum Gasteiger partial charge on any atom is 0.192 e. The second kappa shape index (κ2) is 9.50. The molecule has 1 aliphatic rings. The number of rotatable bonds is 6. The lowest BCUT2D eigenvalue weighted by Crippen LogP contribution is -2.38. The second-order valence-electron chi connectivity index (χ2n) is 5.58. The highest BCUT2D eigenvalue weighted by Crippen LogP contribution is 2.20. The first-order chi connectivity index (χ1) is 10.8. The summed E-state index contributed by atoms with van der Waals surface area (Å²) in [7, 11) is 0. The quantitative estimate of drug-likeness (QED) is 0.480. The molecule has 2 heterocycles. The highest BCUT2D eigenvalue weighted by Gasteiger charge is 2.19. The first-order valence-corrected chi connectivity index (χ1v) is 8.90. The number of piperidine rings is 1. The monoisotopic (exact) mass is 318 g/mol. The highest BCUT2D eigenvalue weighted by molar-refractivity contribution is 7.09. The predicted octanol–water partition coefficient (Wildman–Crippen LogP) is 2.15. The van der Waals surface area contributed by atoms with E-state index in [4.69, 9.17) is 6.42 Å². The summed E-state index contributed by atoms with van der Waals surface area (Å²) in [6.45, 7) is 7.77. The van der Waals surface area contributed by atoms with Gasteiger partial charge in [-0.2, -0.15) is 0 Å². The van der Waals surface area contributed by atoms with Crippen molar-refractivity contribution in [2.75, 3.05) is 32.7 Å². The van der Waals surface area contributed by atoms with E-state index in [0.29, 0.717) is 12.5 Å². The molecular formula is C17H26N4S. The van der Waals surface area contributed by atoms with Gasteiger partial charge in [-0.15, -0.1) is 17.8 Å². The van der Waals surface area contributed by atoms with Gasteiger partial charge in [0, 0.05) is 24.5 Å². The number of terminal acetylenes is 1. The molecule has 1 fully saturated rings. The number of likely N-dealkylation sites (tertiary alicyclic amines) is 1. The van der Waals surface area contributed by atoms with Crippen molar-refractivity contribution >= 4 is 17.3 Å². The van der Waals surface area contributed by atoms with Crippen molar-refractivity contribution < 1.29 is 0 Å². The normalized spacial score (nSPS) is 17.2. The van der Waals surface area contributed by atoms with Crippen molar-refractivity contribution in [3.05, 3.63) is 22.4 Å². The van der Waals surface area contributed by atoms with Gasteiger partial charge in [-0.3, -0.25) is 9.89 Å². The van der Waals surface area contributed by atoms with Crippen LogP contribution >= 0.6 is 11.3 Å². The van der Waals surface area contributed by atoms with E-state index in [9.17, 15) is 0 Å². The van der Waals surface area contributed by atoms with Crippen molar-refractivity contribution in [1.82, 2.24) is 15.5 Å². The smallest absolute Gasteiger partial charge is 0.192 e. The van der Waals surface area contributed by atoms with E-state index >= 15 is 0 Å². The Kier molecular flexibility index (Phi) is 7.27. The maximum absolute atomic E-state index is 5.28. The van der Waals surface area contributed by atoms with Crippen LogP contribution in [0.5, 0.6) is 0 Å². The Hall–Kier alpha value is -1.51. The van der Waals surface area contributed by atoms with Crippen LogP contribution in [-0.4, -0.2) is 43.6 Å². The second-order valence-corrected chi connectivity index (χ2v) is 6.61. The summed E-state index contributed by atoms with van der Waals surface area (Å²) in [5.74, 6) is 4.10. The number of hydrogen-bond donors (Lipinski definition) is 2. The molecule has 1 aromatic rings. The zero-order chi connectivity index (χ0) is 15.6. The van der Waals surface area contributed by atoms with Crippen molar-refractivity contribution in [2.24, 2.45) is 10.9 Å². The van der Waals surface area contributed by atoms with Crippen molar-refractivity contribution in [2.45, 2.75) is 26.3 Å². The standard InChI is InChI=1S/C17H26N4S/c1-3-9-19-17(18-4-2)20-13-15-7-10-21(11-8-15)14-16-6-5-12-22-16/h1,5-6,12,15H,4,7-11,13-14H2,2H3,(H2,18,19,20). The fraction of sp³-hybridized carbons (Fsp3) is 0.588. The average molecular weight is 318 g/mol. The van der Waals surface area contributed by atoms with Gasteiger partial charge in [0.1, 0.15) is 0 Å². The summed E-state index contributed by atoms with van der Waals surface area (Å²) in [6, 6.07) is 4.35. The van der Waals surface area contributed by atoms with Crippen LogP contribution < -0.4 is 10.6 Å². The number of guanidine groups is 1. The number of hydrogen-bond acceptors (Lipinski definition) is 3. The molecule has 5 heteroatoms. The van der Waals surface area contributed by atoms with E-state index in [1.807, 2.05) is 11.3 Å². The molecule has 0 radical (unpaired) electrons. The van der Waals surface area contributed by atoms with Gasteiger partial charge in [-0.25, -0.2) is 0 Å². The van der Waals surface area contributed by atoms with Crippen LogP contribution in [0.25, 0.3) is 0 Å². The zero-order valence-corrected chi connectivity index (χ0v) is 14.2. The van der Waals surface area contributed by atoms with Crippen LogP contribution in [0.1, 0.15) is 24.6 Å². The zero-order valence-electron chi connectivity index (χ0n) is 13.3. The third-order valence-electron chi connectivity index (χ3n) is 3.88. The number of thiophene rings is 1. The Morgan fingerprint density at radius 3 is 2.91 bits per heavy atom. The average Bonchev–Trinajstić information content (AvgIpc) is 3.04. The Balaban J connectivity index is 1.72. The van der Waals surface area contributed by atoms with Gasteiger partial charge >= 0.3 is 0 Å². The van der Waals surface area contributed by atoms with E-state index in [0.717, 1.165) is 25.6 Å². The molecule has 22 heavy (non-hydrogen) atoms. The van der Waals surface area contributed by atoms with Crippen LogP contribution in [0.4, 0.5) is 0 Å². The molecule has 0 aromatic carbocycles. The van der Waals surface area contributed by atoms with E-state index in [1.165, 1.54) is 30.8 Å².